The molecule has 0 radical (unpaired) electrons. The molecule has 6 aromatic rings. The quantitative estimate of drug-likeness (QED) is 0.110. The molecule has 6 aromatic heterocycles. The number of aromatic nitrogens is 10. The number of aromatic carboxylic acids is 1. The van der Waals surface area contributed by atoms with Gasteiger partial charge in [0.25, 0.3) is 5.91 Å². The molecule has 2 aliphatic carbocycles. The van der Waals surface area contributed by atoms with Crippen molar-refractivity contribution in [2.24, 2.45) is 26.8 Å². The van der Waals surface area contributed by atoms with Crippen molar-refractivity contribution in [3.05, 3.63) is 95.3 Å². The number of hydrogen-bond donors (Lipinski definition) is 6. The highest BCUT2D eigenvalue weighted by Crippen LogP contribution is 2.40. The van der Waals surface area contributed by atoms with Crippen molar-refractivity contribution in [1.29, 1.82) is 5.41 Å². The molecular formula is C36H41ClN18O3. The van der Waals surface area contributed by atoms with Gasteiger partial charge in [0.05, 0.1) is 54.8 Å². The Hall–Kier alpha value is -6.87. The number of carboxylic acid groups (broad SMARTS) is 1. The molecule has 300 valence electrons. The molecule has 8 N–H and O–H groups in total. The van der Waals surface area contributed by atoms with Crippen LogP contribution in [0.4, 0.5) is 0 Å². The summed E-state index contributed by atoms with van der Waals surface area (Å²) in [5, 5.41) is 45.3. The lowest BCUT2D eigenvalue weighted by Gasteiger charge is -2.01. The van der Waals surface area contributed by atoms with Gasteiger partial charge in [0.2, 0.25) is 0 Å². The maximum atomic E-state index is 12.2. The number of amides is 1. The monoisotopic (exact) mass is 808 g/mol. The van der Waals surface area contributed by atoms with Crippen molar-refractivity contribution in [2.75, 3.05) is 13.1 Å². The van der Waals surface area contributed by atoms with E-state index in [1.165, 1.54) is 47.7 Å². The zero-order chi connectivity index (χ0) is 39.5. The molecule has 58 heavy (non-hydrogen) atoms. The first-order chi connectivity index (χ1) is 27.6. The molecule has 2 aliphatic heterocycles. The highest BCUT2D eigenvalue weighted by Gasteiger charge is 2.25. The van der Waals surface area contributed by atoms with E-state index < -0.39 is 5.97 Å². The van der Waals surface area contributed by atoms with Crippen LogP contribution in [0, 0.1) is 5.41 Å². The first-order valence-corrected chi connectivity index (χ1v) is 18.4. The number of pyridine rings is 2. The summed E-state index contributed by atoms with van der Waals surface area (Å²) >= 11 is 0. The van der Waals surface area contributed by atoms with E-state index in [9.17, 15) is 9.59 Å². The number of carboxylic acids is 1. The summed E-state index contributed by atoms with van der Waals surface area (Å²) < 4.78 is 7.14. The summed E-state index contributed by atoms with van der Waals surface area (Å²) in [5.41, 5.74) is 21.2. The van der Waals surface area contributed by atoms with Gasteiger partial charge in [-0.3, -0.25) is 15.6 Å². The predicted molar refractivity (Wildman–Crippen MR) is 215 cm³/mol. The van der Waals surface area contributed by atoms with Gasteiger partial charge in [0, 0.05) is 44.2 Å². The van der Waals surface area contributed by atoms with Gasteiger partial charge in [-0.1, -0.05) is 22.6 Å². The number of nitrogens with one attached hydrogen (secondary N) is 3. The molecule has 0 aromatic carbocycles. The molecule has 22 heteroatoms. The SMILES string of the molecule is Cl.N=C1CC(CN)=NN1.NC1=NN=C(CNC(=O)c2cn(Cc3cn4cc(C5CC5)ccc4n3)nn2)C1.O=C(O)c1cn(Cc2cn3cc(C4CC4)ccc3n2)nn1. The van der Waals surface area contributed by atoms with Gasteiger partial charge in [-0.15, -0.1) is 27.7 Å². The average molecular weight is 809 g/mol. The first-order valence-electron chi connectivity index (χ1n) is 18.4. The Kier molecular flexibility index (Phi) is 11.6. The van der Waals surface area contributed by atoms with Gasteiger partial charge in [-0.05, 0) is 60.8 Å². The second kappa shape index (κ2) is 17.1. The fourth-order valence-corrected chi connectivity index (χ4v) is 6.21. The van der Waals surface area contributed by atoms with E-state index in [1.807, 2.05) is 33.3 Å². The largest absolute Gasteiger partial charge is 0.476 e. The number of carbonyl (C=O) groups is 2. The van der Waals surface area contributed by atoms with Gasteiger partial charge >= 0.3 is 5.97 Å². The number of nitrogens with zero attached hydrogens (tertiary/aromatic N) is 13. The molecular weight excluding hydrogens is 768 g/mol. The third-order valence-corrected chi connectivity index (χ3v) is 9.45. The first kappa shape index (κ1) is 39.4. The number of halogens is 1. The van der Waals surface area contributed by atoms with E-state index in [0.717, 1.165) is 28.4 Å². The number of imidazole rings is 2. The van der Waals surface area contributed by atoms with Crippen molar-refractivity contribution in [2.45, 2.75) is 63.5 Å². The minimum atomic E-state index is -1.08. The van der Waals surface area contributed by atoms with Gasteiger partial charge in [0.1, 0.15) is 23.0 Å². The van der Waals surface area contributed by atoms with Crippen LogP contribution < -0.4 is 22.2 Å². The summed E-state index contributed by atoms with van der Waals surface area (Å²) in [4.78, 5) is 32.1. The van der Waals surface area contributed by atoms with Crippen LogP contribution in [0.2, 0.25) is 0 Å². The molecule has 8 heterocycles. The van der Waals surface area contributed by atoms with Crippen LogP contribution in [0.25, 0.3) is 11.3 Å². The summed E-state index contributed by atoms with van der Waals surface area (Å²) in [6, 6.07) is 8.33. The van der Waals surface area contributed by atoms with Crippen molar-refractivity contribution in [3.8, 4) is 0 Å². The normalized spacial score (nSPS) is 15.7. The lowest BCUT2D eigenvalue weighted by molar-refractivity contribution is 0.0690. The number of fused-ring (bicyclic) bond motifs is 2. The van der Waals surface area contributed by atoms with Crippen LogP contribution in [0.1, 0.15) is 93.9 Å². The van der Waals surface area contributed by atoms with E-state index >= 15 is 0 Å². The Bertz CT molecular complexity index is 2570. The van der Waals surface area contributed by atoms with Crippen LogP contribution >= 0.6 is 12.4 Å². The van der Waals surface area contributed by atoms with E-state index in [4.69, 9.17) is 22.0 Å². The third-order valence-electron chi connectivity index (χ3n) is 9.45. The number of rotatable bonds is 11. The van der Waals surface area contributed by atoms with Crippen molar-refractivity contribution in [1.82, 2.24) is 59.5 Å². The summed E-state index contributed by atoms with van der Waals surface area (Å²) in [6.45, 7) is 1.58. The van der Waals surface area contributed by atoms with Gasteiger partial charge in [-0.2, -0.15) is 10.2 Å². The van der Waals surface area contributed by atoms with Crippen molar-refractivity contribution >= 4 is 58.7 Å². The molecule has 0 atom stereocenters. The molecule has 1 amide bonds. The minimum absolute atomic E-state index is 0. The van der Waals surface area contributed by atoms with Gasteiger partial charge in [0.15, 0.2) is 11.4 Å². The lowest BCUT2D eigenvalue weighted by Crippen LogP contribution is -2.30. The second-order valence-corrected chi connectivity index (χ2v) is 14.1. The van der Waals surface area contributed by atoms with Crippen molar-refractivity contribution < 1.29 is 14.7 Å². The molecule has 21 nitrogen and oxygen atoms in total. The van der Waals surface area contributed by atoms with Crippen molar-refractivity contribution in [3.63, 3.8) is 0 Å². The zero-order valence-corrected chi connectivity index (χ0v) is 32.0. The molecule has 0 saturated heterocycles. The zero-order valence-electron chi connectivity index (χ0n) is 31.1. The molecule has 2 saturated carbocycles. The maximum Gasteiger partial charge on any atom is 0.358 e. The topological polar surface area (TPSA) is 287 Å². The smallest absolute Gasteiger partial charge is 0.358 e. The summed E-state index contributed by atoms with van der Waals surface area (Å²) in [7, 11) is 0. The van der Waals surface area contributed by atoms with E-state index in [0.29, 0.717) is 61.7 Å². The molecule has 0 spiro atoms. The lowest BCUT2D eigenvalue weighted by atomic mass is 10.2. The Morgan fingerprint density at radius 3 is 1.81 bits per heavy atom. The third kappa shape index (κ3) is 9.73. The fourth-order valence-electron chi connectivity index (χ4n) is 6.21. The number of hydrogen-bond acceptors (Lipinski definition) is 14. The number of amidine groups is 2. The molecule has 10 rings (SSSR count). The molecule has 0 unspecified atom stereocenters. The Morgan fingerprint density at radius 1 is 0.793 bits per heavy atom. The summed E-state index contributed by atoms with van der Waals surface area (Å²) in [6.07, 6.45) is 17.4. The van der Waals surface area contributed by atoms with Crippen LogP contribution in [-0.4, -0.2) is 102 Å². The van der Waals surface area contributed by atoms with Crippen LogP contribution in [-0.2, 0) is 13.1 Å². The molecule has 0 bridgehead atoms. The standard InChI is InChI=1S/C18H19N9O.C14H13N5O2.C4H8N4.ClH/c19-16-5-13(22-24-16)6-20-18(28)15-10-27(25-23-15)9-14-8-26-7-12(11-1-2-11)3-4-17(26)21-14;20-14(21)12-8-19(17-16-12)7-11-6-18-5-10(9-1-2-9)3-4-13(18)15-11;5-2-3-1-4(6)8-7-3;/h3-4,7-8,10-11H,1-2,5-6,9H2,(H2,19,24)(H,20,28);3-6,8-9H,1-2,7H2,(H,20,21);1-2,5H2,(H2,6,8);1H. The Labute approximate surface area is 336 Å². The minimum Gasteiger partial charge on any atom is -0.476 e. The van der Waals surface area contributed by atoms with Crippen LogP contribution in [0.5, 0.6) is 0 Å². The Balaban J connectivity index is 0.000000150. The van der Waals surface area contributed by atoms with Gasteiger partial charge < -0.3 is 30.7 Å². The molecule has 2 fully saturated rings. The Morgan fingerprint density at radius 2 is 1.36 bits per heavy atom. The summed E-state index contributed by atoms with van der Waals surface area (Å²) in [5.74, 6) is 0.893. The van der Waals surface area contributed by atoms with Crippen LogP contribution in [0.15, 0.2) is 76.8 Å². The average Bonchev–Trinajstić information content (AvgIpc) is 3.77. The highest BCUT2D eigenvalue weighted by atomic mass is 35.5. The van der Waals surface area contributed by atoms with Gasteiger partial charge in [-0.25, -0.2) is 24.1 Å². The number of hydrazone groups is 1. The fraction of sp³-hybridized carbons (Fsp3) is 0.333. The van der Waals surface area contributed by atoms with E-state index in [1.54, 1.807) is 10.9 Å². The maximum absolute atomic E-state index is 12.2. The second-order valence-electron chi connectivity index (χ2n) is 14.1. The predicted octanol–water partition coefficient (Wildman–Crippen LogP) is 1.94. The number of nitrogens with two attached hydrogens (primary N) is 2. The van der Waals surface area contributed by atoms with E-state index in [-0.39, 0.29) is 36.2 Å². The molecule has 4 aliphatic rings. The van der Waals surface area contributed by atoms with E-state index in [2.05, 4.69) is 81.2 Å². The highest BCUT2D eigenvalue weighted by molar-refractivity contribution is 6.08. The van der Waals surface area contributed by atoms with Crippen LogP contribution in [0.3, 0.4) is 0 Å². The number of carbonyl (C=O) groups excluding carboxylic acids is 1.